The van der Waals surface area contributed by atoms with Gasteiger partial charge in [-0.1, -0.05) is 36.7 Å². The van der Waals surface area contributed by atoms with E-state index < -0.39 is 11.5 Å². The summed E-state index contributed by atoms with van der Waals surface area (Å²) in [6, 6.07) is 11.1. The van der Waals surface area contributed by atoms with Crippen molar-refractivity contribution in [3.63, 3.8) is 0 Å². The Morgan fingerprint density at radius 2 is 1.92 bits per heavy atom. The first kappa shape index (κ1) is 18.1. The molecule has 128 valence electrons. The molecule has 0 saturated carbocycles. The number of phenolic OH excluding ortho intramolecular Hbond substituents is 2. The number of carbonyl (C=O) groups is 1. The fourth-order valence-electron chi connectivity index (χ4n) is 2.43. The summed E-state index contributed by atoms with van der Waals surface area (Å²) in [4.78, 5) is 12.4. The molecule has 2 aromatic carbocycles. The molecular formula is C18H20ClNO4. The van der Waals surface area contributed by atoms with E-state index in [1.54, 1.807) is 37.3 Å². The number of carbonyl (C=O) groups excluding carboxylic acids is 1. The number of nitrogens with one attached hydrogen (secondary N) is 1. The van der Waals surface area contributed by atoms with Gasteiger partial charge in [0.05, 0.1) is 0 Å². The minimum atomic E-state index is -1.65. The molecule has 4 N–H and O–H groups in total. The van der Waals surface area contributed by atoms with E-state index in [1.165, 1.54) is 12.1 Å². The summed E-state index contributed by atoms with van der Waals surface area (Å²) >= 11 is 5.94. The minimum absolute atomic E-state index is 0.191. The van der Waals surface area contributed by atoms with Crippen molar-refractivity contribution in [2.75, 3.05) is 6.54 Å². The number of aliphatic hydroxyl groups is 1. The number of hydrogen-bond donors (Lipinski definition) is 4. The summed E-state index contributed by atoms with van der Waals surface area (Å²) < 4.78 is 0. The minimum Gasteiger partial charge on any atom is -0.504 e. The van der Waals surface area contributed by atoms with Crippen LogP contribution in [-0.2, 0) is 16.8 Å². The van der Waals surface area contributed by atoms with E-state index in [4.69, 9.17) is 11.6 Å². The van der Waals surface area contributed by atoms with E-state index in [2.05, 4.69) is 5.32 Å². The normalized spacial score (nSPS) is 13.3. The first-order valence-corrected chi connectivity index (χ1v) is 8.02. The van der Waals surface area contributed by atoms with Crippen LogP contribution >= 0.6 is 11.6 Å². The van der Waals surface area contributed by atoms with Gasteiger partial charge in [-0.2, -0.15) is 0 Å². The molecule has 2 aromatic rings. The summed E-state index contributed by atoms with van der Waals surface area (Å²) in [5.74, 6) is -0.901. The second kappa shape index (κ2) is 7.55. The van der Waals surface area contributed by atoms with Gasteiger partial charge in [0.25, 0.3) is 5.91 Å². The number of hydrogen-bond acceptors (Lipinski definition) is 4. The maximum Gasteiger partial charge on any atom is 0.256 e. The molecule has 2 rings (SSSR count). The Hall–Kier alpha value is -2.24. The maximum atomic E-state index is 12.4. The van der Waals surface area contributed by atoms with Crippen LogP contribution in [0.5, 0.6) is 11.5 Å². The molecule has 0 spiro atoms. The molecule has 0 aliphatic carbocycles. The van der Waals surface area contributed by atoms with Crippen LogP contribution in [0.4, 0.5) is 0 Å². The molecule has 5 nitrogen and oxygen atoms in total. The van der Waals surface area contributed by atoms with Gasteiger partial charge >= 0.3 is 0 Å². The third kappa shape index (κ3) is 3.99. The van der Waals surface area contributed by atoms with E-state index in [0.29, 0.717) is 17.0 Å². The number of amides is 1. The topological polar surface area (TPSA) is 89.8 Å². The third-order valence-electron chi connectivity index (χ3n) is 3.93. The largest absolute Gasteiger partial charge is 0.504 e. The lowest BCUT2D eigenvalue weighted by atomic mass is 9.90. The van der Waals surface area contributed by atoms with E-state index in [0.717, 1.165) is 5.56 Å². The van der Waals surface area contributed by atoms with Crippen molar-refractivity contribution in [3.8, 4) is 11.5 Å². The van der Waals surface area contributed by atoms with Gasteiger partial charge in [-0.05, 0) is 48.2 Å². The average Bonchev–Trinajstić information content (AvgIpc) is 2.57. The Kier molecular flexibility index (Phi) is 5.70. The Bertz CT molecular complexity index is 735. The highest BCUT2D eigenvalue weighted by atomic mass is 35.5. The smallest absolute Gasteiger partial charge is 0.256 e. The van der Waals surface area contributed by atoms with Gasteiger partial charge in [0.1, 0.15) is 0 Å². The van der Waals surface area contributed by atoms with Gasteiger partial charge in [-0.25, -0.2) is 0 Å². The number of rotatable bonds is 6. The van der Waals surface area contributed by atoms with Crippen LogP contribution < -0.4 is 5.32 Å². The van der Waals surface area contributed by atoms with Crippen molar-refractivity contribution in [2.45, 2.75) is 25.4 Å². The van der Waals surface area contributed by atoms with Crippen molar-refractivity contribution in [1.29, 1.82) is 0 Å². The molecule has 0 saturated heterocycles. The van der Waals surface area contributed by atoms with Crippen molar-refractivity contribution in [3.05, 3.63) is 58.6 Å². The summed E-state index contributed by atoms with van der Waals surface area (Å²) in [6.45, 7) is 2.00. The van der Waals surface area contributed by atoms with E-state index in [-0.39, 0.29) is 24.5 Å². The molecular weight excluding hydrogens is 330 g/mol. The highest BCUT2D eigenvalue weighted by molar-refractivity contribution is 6.30. The molecule has 24 heavy (non-hydrogen) atoms. The van der Waals surface area contributed by atoms with Gasteiger partial charge in [0, 0.05) is 11.6 Å². The van der Waals surface area contributed by atoms with Crippen LogP contribution in [0.2, 0.25) is 5.02 Å². The first-order valence-electron chi connectivity index (χ1n) is 7.64. The highest BCUT2D eigenvalue weighted by Gasteiger charge is 2.35. The lowest BCUT2D eigenvalue weighted by molar-refractivity contribution is -0.141. The van der Waals surface area contributed by atoms with Gasteiger partial charge in [0.2, 0.25) is 0 Å². The highest BCUT2D eigenvalue weighted by Crippen LogP contribution is 2.28. The van der Waals surface area contributed by atoms with Crippen LogP contribution in [-0.4, -0.2) is 27.8 Å². The van der Waals surface area contributed by atoms with Crippen LogP contribution in [0.3, 0.4) is 0 Å². The predicted molar refractivity (Wildman–Crippen MR) is 92.1 cm³/mol. The maximum absolute atomic E-state index is 12.4. The molecule has 1 unspecified atom stereocenters. The zero-order valence-corrected chi connectivity index (χ0v) is 14.0. The summed E-state index contributed by atoms with van der Waals surface area (Å²) in [6.07, 6.45) is 0.661. The van der Waals surface area contributed by atoms with Gasteiger partial charge < -0.3 is 20.6 Å². The number of halogens is 1. The van der Waals surface area contributed by atoms with E-state index >= 15 is 0 Å². The second-order valence-electron chi connectivity index (χ2n) is 5.55. The molecule has 0 aliphatic rings. The zero-order valence-electron chi connectivity index (χ0n) is 13.3. The molecule has 1 amide bonds. The van der Waals surface area contributed by atoms with E-state index in [1.807, 2.05) is 0 Å². The number of benzene rings is 2. The molecule has 0 fully saturated rings. The van der Waals surface area contributed by atoms with Gasteiger partial charge in [-0.15, -0.1) is 0 Å². The van der Waals surface area contributed by atoms with Gasteiger partial charge in [-0.3, -0.25) is 4.79 Å². The van der Waals surface area contributed by atoms with Gasteiger partial charge in [0.15, 0.2) is 17.1 Å². The van der Waals surface area contributed by atoms with Crippen molar-refractivity contribution in [2.24, 2.45) is 0 Å². The third-order valence-corrected chi connectivity index (χ3v) is 4.16. The Morgan fingerprint density at radius 3 is 2.54 bits per heavy atom. The average molecular weight is 350 g/mol. The Morgan fingerprint density at radius 1 is 1.17 bits per heavy atom. The van der Waals surface area contributed by atoms with Crippen LogP contribution in [0.25, 0.3) is 0 Å². The molecule has 1 atom stereocenters. The lowest BCUT2D eigenvalue weighted by Crippen LogP contribution is -2.44. The molecule has 0 radical (unpaired) electrons. The Labute approximate surface area is 145 Å². The fourth-order valence-corrected chi connectivity index (χ4v) is 2.62. The number of phenols is 2. The van der Waals surface area contributed by atoms with Crippen molar-refractivity contribution >= 4 is 17.5 Å². The Balaban J connectivity index is 2.03. The van der Waals surface area contributed by atoms with Crippen molar-refractivity contribution < 1.29 is 20.1 Å². The summed E-state index contributed by atoms with van der Waals surface area (Å²) in [5, 5.41) is 32.6. The first-order chi connectivity index (χ1) is 11.4. The quantitative estimate of drug-likeness (QED) is 0.604. The van der Waals surface area contributed by atoms with Crippen LogP contribution in [0.15, 0.2) is 42.5 Å². The van der Waals surface area contributed by atoms with Crippen molar-refractivity contribution in [1.82, 2.24) is 5.32 Å². The standard InChI is InChI=1S/C18H20ClNO4/c1-2-18(24,13-4-3-5-14(19)11-13)17(23)20-9-8-12-6-7-15(21)16(22)10-12/h3-7,10-11,21-22,24H,2,8-9H2,1H3,(H,20,23). The zero-order chi connectivity index (χ0) is 17.7. The monoisotopic (exact) mass is 349 g/mol. The molecule has 6 heteroatoms. The van der Waals surface area contributed by atoms with E-state index in [9.17, 15) is 20.1 Å². The summed E-state index contributed by atoms with van der Waals surface area (Å²) in [7, 11) is 0. The SMILES string of the molecule is CCC(O)(C(=O)NCCc1ccc(O)c(O)c1)c1cccc(Cl)c1. The van der Waals surface area contributed by atoms with Crippen LogP contribution in [0, 0.1) is 0 Å². The molecule has 0 heterocycles. The molecule has 0 aromatic heterocycles. The van der Waals surface area contributed by atoms with Crippen LogP contribution in [0.1, 0.15) is 24.5 Å². The fraction of sp³-hybridized carbons (Fsp3) is 0.278. The number of aromatic hydroxyl groups is 2. The predicted octanol–water partition coefficient (Wildman–Crippen LogP) is 2.71. The second-order valence-corrected chi connectivity index (χ2v) is 5.99. The molecule has 0 aliphatic heterocycles. The lowest BCUT2D eigenvalue weighted by Gasteiger charge is -2.26. The summed E-state index contributed by atoms with van der Waals surface area (Å²) in [5.41, 5.74) is -0.451. The molecule has 0 bridgehead atoms.